The van der Waals surface area contributed by atoms with Gasteiger partial charge in [-0.2, -0.15) is 13.2 Å². The van der Waals surface area contributed by atoms with Gasteiger partial charge in [-0.15, -0.1) is 0 Å². The van der Waals surface area contributed by atoms with Crippen LogP contribution >= 0.6 is 0 Å². The van der Waals surface area contributed by atoms with Crippen LogP contribution in [0.4, 0.5) is 35.0 Å². The fourth-order valence-electron chi connectivity index (χ4n) is 8.13. The summed E-state index contributed by atoms with van der Waals surface area (Å²) in [4.78, 5) is 64.1. The molecule has 6 rings (SSSR count). The summed E-state index contributed by atoms with van der Waals surface area (Å²) in [5, 5.41) is 8.89. The van der Waals surface area contributed by atoms with E-state index >= 15 is 4.79 Å². The maximum Gasteiger partial charge on any atom is 0.501 e. The number of anilines is 3. The number of hydrogen-bond acceptors (Lipinski definition) is 8. The van der Waals surface area contributed by atoms with E-state index in [1.165, 1.54) is 24.8 Å². The number of carbonyl (C=O) groups excluding carboxylic acids is 4. The van der Waals surface area contributed by atoms with Crippen molar-refractivity contribution >= 4 is 50.7 Å². The Balaban J connectivity index is 1.42. The normalized spacial score (nSPS) is 21.3. The second-order valence-corrected chi connectivity index (χ2v) is 16.3. The molecule has 2 atom stereocenters. The van der Waals surface area contributed by atoms with E-state index in [2.05, 4.69) is 25.9 Å². The number of aromatic nitrogens is 2. The summed E-state index contributed by atoms with van der Waals surface area (Å²) in [6.45, 7) is 3.43. The molecule has 0 radical (unpaired) electrons. The molecule has 5 amide bonds. The van der Waals surface area contributed by atoms with Crippen molar-refractivity contribution < 1.29 is 40.8 Å². The fraction of sp³-hybridized carbons (Fsp3) is 0.474. The van der Waals surface area contributed by atoms with E-state index in [-0.39, 0.29) is 29.3 Å². The molecule has 2 aliphatic carbocycles. The fourth-order valence-corrected chi connectivity index (χ4v) is 8.89. The van der Waals surface area contributed by atoms with E-state index in [0.29, 0.717) is 34.6 Å². The molecule has 54 heavy (non-hydrogen) atoms. The molecule has 3 heterocycles. The lowest BCUT2D eigenvalue weighted by molar-refractivity contribution is -0.123. The first-order valence-corrected chi connectivity index (χ1v) is 19.7. The highest BCUT2D eigenvalue weighted by atomic mass is 32.2. The Bertz CT molecular complexity index is 1930. The molecular weight excluding hydrogens is 726 g/mol. The van der Waals surface area contributed by atoms with Crippen LogP contribution in [0.2, 0.25) is 0 Å². The number of halogens is 3. The average molecular weight is 769 g/mol. The highest BCUT2D eigenvalue weighted by Crippen LogP contribution is 2.48. The molecule has 1 saturated heterocycles. The van der Waals surface area contributed by atoms with Gasteiger partial charge in [-0.3, -0.25) is 24.4 Å². The number of nitrogens with zero attached hydrogens (tertiary/aromatic N) is 3. The van der Waals surface area contributed by atoms with Crippen molar-refractivity contribution in [2.75, 3.05) is 15.5 Å². The minimum absolute atomic E-state index is 0.166. The Labute approximate surface area is 311 Å². The number of urea groups is 1. The molecule has 2 aromatic heterocycles. The minimum Gasteiger partial charge on any atom is -0.324 e. The summed E-state index contributed by atoms with van der Waals surface area (Å²) in [7, 11) is -5.70. The second-order valence-electron chi connectivity index (χ2n) is 14.4. The number of rotatable bonds is 10. The van der Waals surface area contributed by atoms with Gasteiger partial charge in [-0.1, -0.05) is 52.4 Å². The number of imide groups is 1. The van der Waals surface area contributed by atoms with Crippen molar-refractivity contribution in [1.82, 2.24) is 15.3 Å². The number of alkyl halides is 3. The van der Waals surface area contributed by atoms with Crippen LogP contribution in [0.3, 0.4) is 0 Å². The molecule has 3 aliphatic rings. The molecule has 1 aliphatic heterocycles. The van der Waals surface area contributed by atoms with Crippen molar-refractivity contribution in [1.29, 1.82) is 0 Å². The summed E-state index contributed by atoms with van der Waals surface area (Å²) in [6.07, 6.45) is 14.7. The van der Waals surface area contributed by atoms with Crippen molar-refractivity contribution in [2.45, 2.75) is 106 Å². The van der Waals surface area contributed by atoms with Gasteiger partial charge < -0.3 is 16.0 Å². The van der Waals surface area contributed by atoms with Crippen LogP contribution in [0.25, 0.3) is 0 Å². The van der Waals surface area contributed by atoms with Crippen molar-refractivity contribution in [2.24, 2.45) is 11.8 Å². The molecule has 16 heteroatoms. The first kappa shape index (κ1) is 38.9. The maximum atomic E-state index is 15.0. The van der Waals surface area contributed by atoms with Gasteiger partial charge in [0.05, 0.1) is 34.4 Å². The van der Waals surface area contributed by atoms with Crippen LogP contribution < -0.4 is 20.9 Å². The van der Waals surface area contributed by atoms with Crippen LogP contribution in [-0.2, 0) is 24.2 Å². The second kappa shape index (κ2) is 15.5. The topological polar surface area (TPSA) is 168 Å². The van der Waals surface area contributed by atoms with Gasteiger partial charge in [-0.25, -0.2) is 18.1 Å². The maximum absolute atomic E-state index is 15.0. The number of hydrogen-bond donors (Lipinski definition) is 3. The quantitative estimate of drug-likeness (QED) is 0.182. The van der Waals surface area contributed by atoms with Crippen molar-refractivity contribution in [3.63, 3.8) is 0 Å². The van der Waals surface area contributed by atoms with Crippen LogP contribution in [-0.4, -0.2) is 53.2 Å². The first-order chi connectivity index (χ1) is 25.7. The number of benzene rings is 1. The summed E-state index contributed by atoms with van der Waals surface area (Å²) in [5.74, 6) is -3.34. The number of amides is 5. The Morgan fingerprint density at radius 3 is 1.65 bits per heavy atom. The Hall–Kier alpha value is -4.86. The van der Waals surface area contributed by atoms with Crippen LogP contribution in [0.1, 0.15) is 101 Å². The molecule has 3 fully saturated rings. The summed E-state index contributed by atoms with van der Waals surface area (Å²) < 4.78 is 64.1. The van der Waals surface area contributed by atoms with Gasteiger partial charge in [0, 0.05) is 36.1 Å². The lowest BCUT2D eigenvalue weighted by Crippen LogP contribution is -2.55. The molecule has 3 N–H and O–H groups in total. The Morgan fingerprint density at radius 1 is 0.778 bits per heavy atom. The third-order valence-corrected chi connectivity index (χ3v) is 12.8. The summed E-state index contributed by atoms with van der Waals surface area (Å²) in [6, 6.07) is 5.69. The third-order valence-electron chi connectivity index (χ3n) is 11.3. The lowest BCUT2D eigenvalue weighted by Gasteiger charge is -2.40. The van der Waals surface area contributed by atoms with E-state index in [1.54, 1.807) is 26.0 Å². The zero-order valence-electron chi connectivity index (χ0n) is 30.0. The lowest BCUT2D eigenvalue weighted by atomic mass is 9.69. The number of carbonyl (C=O) groups is 4. The minimum atomic E-state index is -5.70. The molecule has 12 nitrogen and oxygen atoms in total. The largest absolute Gasteiger partial charge is 0.501 e. The van der Waals surface area contributed by atoms with Gasteiger partial charge >= 0.3 is 11.5 Å². The van der Waals surface area contributed by atoms with Crippen LogP contribution in [0.5, 0.6) is 0 Å². The third kappa shape index (κ3) is 7.31. The molecule has 0 spiro atoms. The van der Waals surface area contributed by atoms with Gasteiger partial charge in [0.25, 0.3) is 15.7 Å². The van der Waals surface area contributed by atoms with E-state index < -0.39 is 49.6 Å². The molecule has 2 unspecified atom stereocenters. The van der Waals surface area contributed by atoms with Crippen LogP contribution in [0, 0.1) is 11.8 Å². The van der Waals surface area contributed by atoms with Gasteiger partial charge in [-0.05, 0) is 73.2 Å². The highest BCUT2D eigenvalue weighted by Gasteiger charge is 2.59. The summed E-state index contributed by atoms with van der Waals surface area (Å²) in [5.41, 5.74) is -5.91. The number of nitrogens with one attached hydrogen (secondary N) is 3. The first-order valence-electron chi connectivity index (χ1n) is 18.2. The SMILES string of the molecule is CC(c1ccncc1NC(=O)C1CCCCC1)C1(C(C)c2ccncc2NC(=O)C2CCCCC2)NC(=O)N(c2ccc(S(=O)(=O)C(F)(F)F)cc2)C1=O. The average Bonchev–Trinajstić information content (AvgIpc) is 3.44. The van der Waals surface area contributed by atoms with Crippen LogP contribution in [0.15, 0.2) is 66.1 Å². The predicted molar refractivity (Wildman–Crippen MR) is 194 cm³/mol. The molecule has 3 aromatic rings. The van der Waals surface area contributed by atoms with Gasteiger partial charge in [0.15, 0.2) is 0 Å². The van der Waals surface area contributed by atoms with Crippen molar-refractivity contribution in [3.8, 4) is 0 Å². The standard InChI is InChI=1S/C38H43F3N6O6S/c1-23(29-17-19-42-21-31(29)44-33(48)25-9-5-3-6-10-25)37(24(2)30-18-20-43-22-32(30)45-34(49)26-11-7-4-8-12-26)35(50)47(36(51)46-37)27-13-15-28(16-14-27)54(52,53)38(39,40)41/h13-26H,3-12H2,1-2H3,(H,44,48)(H,45,49)(H,46,51). The predicted octanol–water partition coefficient (Wildman–Crippen LogP) is 7.21. The zero-order valence-corrected chi connectivity index (χ0v) is 30.8. The molecule has 2 saturated carbocycles. The van der Waals surface area contributed by atoms with E-state index in [4.69, 9.17) is 0 Å². The number of pyridine rings is 2. The number of sulfone groups is 1. The highest BCUT2D eigenvalue weighted by molar-refractivity contribution is 7.92. The van der Waals surface area contributed by atoms with Gasteiger partial charge in [0.1, 0.15) is 5.54 Å². The van der Waals surface area contributed by atoms with E-state index in [0.717, 1.165) is 81.2 Å². The van der Waals surface area contributed by atoms with E-state index in [1.807, 2.05) is 0 Å². The smallest absolute Gasteiger partial charge is 0.324 e. The Kier molecular flexibility index (Phi) is 11.1. The molecular formula is C38H43F3N6O6S. The monoisotopic (exact) mass is 768 g/mol. The van der Waals surface area contributed by atoms with Gasteiger partial charge in [0.2, 0.25) is 11.8 Å². The van der Waals surface area contributed by atoms with E-state index in [9.17, 15) is 36.0 Å². The zero-order chi connectivity index (χ0) is 38.8. The molecule has 288 valence electrons. The molecule has 1 aromatic carbocycles. The Morgan fingerprint density at radius 2 is 1.22 bits per heavy atom. The van der Waals surface area contributed by atoms with Crippen molar-refractivity contribution in [3.05, 3.63) is 72.3 Å². The molecule has 0 bridgehead atoms. The summed E-state index contributed by atoms with van der Waals surface area (Å²) >= 11 is 0.